The number of piperidine rings is 1. The maximum atomic E-state index is 12.6. The van der Waals surface area contributed by atoms with Crippen LogP contribution in [0, 0.1) is 5.92 Å². The van der Waals surface area contributed by atoms with Gasteiger partial charge in [-0.1, -0.05) is 12.8 Å². The topological polar surface area (TPSA) is 66.3 Å². The van der Waals surface area contributed by atoms with Gasteiger partial charge in [-0.25, -0.2) is 9.97 Å². The third-order valence-electron chi connectivity index (χ3n) is 5.12. The van der Waals surface area contributed by atoms with Gasteiger partial charge in [-0.3, -0.25) is 4.79 Å². The van der Waals surface area contributed by atoms with Crippen LogP contribution in [0.15, 0.2) is 12.3 Å². The van der Waals surface area contributed by atoms with Gasteiger partial charge in [-0.05, 0) is 44.6 Å². The van der Waals surface area contributed by atoms with E-state index in [9.17, 15) is 9.90 Å². The largest absolute Gasteiger partial charge is 0.393 e. The lowest BCUT2D eigenvalue weighted by Crippen LogP contribution is -2.41. The van der Waals surface area contributed by atoms with E-state index in [1.54, 1.807) is 12.3 Å². The third-order valence-corrected chi connectivity index (χ3v) is 5.12. The fourth-order valence-electron chi connectivity index (χ4n) is 3.62. The van der Waals surface area contributed by atoms with E-state index < -0.39 is 0 Å². The number of carbonyl (C=O) groups excluding carboxylic acids is 1. The Morgan fingerprint density at radius 1 is 1.27 bits per heavy atom. The van der Waals surface area contributed by atoms with Crippen LogP contribution < -0.4 is 0 Å². The molecule has 1 aliphatic carbocycles. The van der Waals surface area contributed by atoms with Crippen LogP contribution in [-0.2, 0) is 0 Å². The molecule has 22 heavy (non-hydrogen) atoms. The van der Waals surface area contributed by atoms with Crippen LogP contribution in [0.5, 0.6) is 0 Å². The van der Waals surface area contributed by atoms with E-state index in [0.717, 1.165) is 31.5 Å². The highest BCUT2D eigenvalue weighted by atomic mass is 16.3. The van der Waals surface area contributed by atoms with Crippen LogP contribution in [0.25, 0.3) is 0 Å². The maximum Gasteiger partial charge on any atom is 0.272 e. The summed E-state index contributed by atoms with van der Waals surface area (Å²) in [6, 6.07) is 1.72. The Hall–Kier alpha value is -1.49. The Kier molecular flexibility index (Phi) is 4.71. The van der Waals surface area contributed by atoms with Crippen molar-refractivity contribution in [3.8, 4) is 0 Å². The fraction of sp³-hybridized carbons (Fsp3) is 0.706. The smallest absolute Gasteiger partial charge is 0.272 e. The van der Waals surface area contributed by atoms with Gasteiger partial charge in [0.25, 0.3) is 5.91 Å². The lowest BCUT2D eigenvalue weighted by molar-refractivity contribution is 0.0516. The first-order chi connectivity index (χ1) is 10.6. The summed E-state index contributed by atoms with van der Waals surface area (Å²) in [5, 5.41) is 9.65. The van der Waals surface area contributed by atoms with Crippen molar-refractivity contribution in [3.05, 3.63) is 23.8 Å². The zero-order chi connectivity index (χ0) is 15.5. The Labute approximate surface area is 131 Å². The molecule has 1 unspecified atom stereocenters. The molecule has 120 valence electrons. The van der Waals surface area contributed by atoms with E-state index in [0.29, 0.717) is 30.6 Å². The first-order valence-corrected chi connectivity index (χ1v) is 8.45. The molecule has 1 aromatic rings. The highest BCUT2D eigenvalue weighted by molar-refractivity contribution is 5.92. The van der Waals surface area contributed by atoms with Gasteiger partial charge in [-0.2, -0.15) is 0 Å². The third kappa shape index (κ3) is 3.29. The summed E-state index contributed by atoms with van der Waals surface area (Å²) < 4.78 is 0. The highest BCUT2D eigenvalue weighted by Gasteiger charge is 2.27. The molecular weight excluding hydrogens is 278 g/mol. The summed E-state index contributed by atoms with van der Waals surface area (Å²) in [6.07, 6.45) is 7.91. The minimum Gasteiger partial charge on any atom is -0.393 e. The van der Waals surface area contributed by atoms with Gasteiger partial charge in [0, 0.05) is 25.2 Å². The molecular formula is C17H25N3O2. The molecule has 0 radical (unpaired) electrons. The van der Waals surface area contributed by atoms with E-state index in [1.807, 2.05) is 11.8 Å². The molecule has 5 heteroatoms. The second kappa shape index (κ2) is 6.73. The van der Waals surface area contributed by atoms with Gasteiger partial charge in [-0.15, -0.1) is 0 Å². The Morgan fingerprint density at radius 2 is 1.95 bits per heavy atom. The van der Waals surface area contributed by atoms with Crippen molar-refractivity contribution in [2.24, 2.45) is 5.92 Å². The minimum absolute atomic E-state index is 0.00527. The second-order valence-corrected chi connectivity index (χ2v) is 6.65. The van der Waals surface area contributed by atoms with E-state index in [4.69, 9.17) is 0 Å². The standard InChI is InChI=1S/C17H25N3O2/c1-12(21)13-7-10-20(11-8-13)17(22)15-6-9-18-16(19-15)14-4-2-3-5-14/h6,9,12-14,21H,2-5,7-8,10-11H2,1H3. The summed E-state index contributed by atoms with van der Waals surface area (Å²) in [7, 11) is 0. The molecule has 0 bridgehead atoms. The normalized spacial score (nSPS) is 22.0. The average molecular weight is 303 g/mol. The number of hydrogen-bond donors (Lipinski definition) is 1. The summed E-state index contributed by atoms with van der Waals surface area (Å²) in [5.41, 5.74) is 0.521. The SMILES string of the molecule is CC(O)C1CCN(C(=O)c2ccnc(C3CCCC3)n2)CC1. The van der Waals surface area contributed by atoms with Gasteiger partial charge in [0.1, 0.15) is 11.5 Å². The number of carbonyl (C=O) groups is 1. The van der Waals surface area contributed by atoms with Crippen molar-refractivity contribution >= 4 is 5.91 Å². The first kappa shape index (κ1) is 15.4. The van der Waals surface area contributed by atoms with Gasteiger partial charge in [0.05, 0.1) is 6.10 Å². The molecule has 2 heterocycles. The Balaban J connectivity index is 1.66. The summed E-state index contributed by atoms with van der Waals surface area (Å²) in [5.74, 6) is 1.57. The summed E-state index contributed by atoms with van der Waals surface area (Å²) in [6.45, 7) is 3.24. The van der Waals surface area contributed by atoms with Gasteiger partial charge < -0.3 is 10.0 Å². The number of rotatable bonds is 3. The van der Waals surface area contributed by atoms with Crippen molar-refractivity contribution < 1.29 is 9.90 Å². The lowest BCUT2D eigenvalue weighted by Gasteiger charge is -2.33. The maximum absolute atomic E-state index is 12.6. The van der Waals surface area contributed by atoms with Crippen LogP contribution in [0.1, 0.15) is 67.7 Å². The molecule has 1 amide bonds. The van der Waals surface area contributed by atoms with Crippen LogP contribution in [0.4, 0.5) is 0 Å². The first-order valence-electron chi connectivity index (χ1n) is 8.45. The Bertz CT molecular complexity index is 518. The molecule has 1 aromatic heterocycles. The van der Waals surface area contributed by atoms with Gasteiger partial charge in [0.2, 0.25) is 0 Å². The van der Waals surface area contributed by atoms with Crippen LogP contribution in [0.3, 0.4) is 0 Å². The van der Waals surface area contributed by atoms with Crippen LogP contribution in [-0.4, -0.2) is 45.1 Å². The summed E-state index contributed by atoms with van der Waals surface area (Å²) in [4.78, 5) is 23.4. The molecule has 1 atom stereocenters. The second-order valence-electron chi connectivity index (χ2n) is 6.65. The molecule has 3 rings (SSSR count). The van der Waals surface area contributed by atoms with Crippen molar-refractivity contribution in [2.45, 2.75) is 57.5 Å². The van der Waals surface area contributed by atoms with Crippen LogP contribution in [0.2, 0.25) is 0 Å². The van der Waals surface area contributed by atoms with E-state index >= 15 is 0 Å². The van der Waals surface area contributed by atoms with E-state index in [1.165, 1.54) is 12.8 Å². The number of aliphatic hydroxyl groups excluding tert-OH is 1. The number of amides is 1. The highest BCUT2D eigenvalue weighted by Crippen LogP contribution is 2.32. The molecule has 1 saturated carbocycles. The molecule has 2 fully saturated rings. The predicted octanol–water partition coefficient (Wildman–Crippen LogP) is 2.37. The molecule has 1 aliphatic heterocycles. The zero-order valence-electron chi connectivity index (χ0n) is 13.2. The molecule has 0 aromatic carbocycles. The molecule has 1 N–H and O–H groups in total. The van der Waals surface area contributed by atoms with Crippen molar-refractivity contribution in [1.29, 1.82) is 0 Å². The number of aliphatic hydroxyl groups is 1. The lowest BCUT2D eigenvalue weighted by atomic mass is 9.92. The zero-order valence-corrected chi connectivity index (χ0v) is 13.2. The average Bonchev–Trinajstić information content (AvgIpc) is 3.09. The predicted molar refractivity (Wildman–Crippen MR) is 83.5 cm³/mol. The number of hydrogen-bond acceptors (Lipinski definition) is 4. The molecule has 2 aliphatic rings. The number of likely N-dealkylation sites (tertiary alicyclic amines) is 1. The van der Waals surface area contributed by atoms with Gasteiger partial charge in [0.15, 0.2) is 0 Å². The molecule has 0 spiro atoms. The van der Waals surface area contributed by atoms with Crippen LogP contribution >= 0.6 is 0 Å². The van der Waals surface area contributed by atoms with E-state index in [2.05, 4.69) is 9.97 Å². The molecule has 5 nitrogen and oxygen atoms in total. The summed E-state index contributed by atoms with van der Waals surface area (Å²) >= 11 is 0. The van der Waals surface area contributed by atoms with E-state index in [-0.39, 0.29) is 12.0 Å². The Morgan fingerprint density at radius 3 is 2.59 bits per heavy atom. The number of nitrogens with zero attached hydrogens (tertiary/aromatic N) is 3. The number of aromatic nitrogens is 2. The van der Waals surface area contributed by atoms with Gasteiger partial charge >= 0.3 is 0 Å². The van der Waals surface area contributed by atoms with Crippen molar-refractivity contribution in [3.63, 3.8) is 0 Å². The quantitative estimate of drug-likeness (QED) is 0.931. The fourth-order valence-corrected chi connectivity index (χ4v) is 3.62. The van der Waals surface area contributed by atoms with Crippen molar-refractivity contribution in [1.82, 2.24) is 14.9 Å². The minimum atomic E-state index is -0.287. The molecule has 1 saturated heterocycles. The monoisotopic (exact) mass is 303 g/mol. The van der Waals surface area contributed by atoms with Crippen molar-refractivity contribution in [2.75, 3.05) is 13.1 Å².